The molecule has 2 heterocycles. The number of piperidine rings is 1. The number of phenolic OH excluding ortho intramolecular Hbond substituents is 1. The van der Waals surface area contributed by atoms with E-state index in [4.69, 9.17) is 24.6 Å². The van der Waals surface area contributed by atoms with E-state index >= 15 is 0 Å². The van der Waals surface area contributed by atoms with Crippen LogP contribution in [-0.4, -0.2) is 114 Å². The number of Topliss-reactive ketones (excluding diaryl/α,β-unsaturated/α-hetero) is 1. The van der Waals surface area contributed by atoms with E-state index in [2.05, 4.69) is 30.5 Å². The second-order valence-electron chi connectivity index (χ2n) is 16.3. The number of amides is 3. The lowest BCUT2D eigenvalue weighted by Crippen LogP contribution is -2.48. The van der Waals surface area contributed by atoms with Crippen molar-refractivity contribution in [1.82, 2.24) is 20.1 Å². The summed E-state index contributed by atoms with van der Waals surface area (Å²) in [6, 6.07) is 4.05. The van der Waals surface area contributed by atoms with Crippen LogP contribution in [-0.2, 0) is 44.7 Å². The van der Waals surface area contributed by atoms with Crippen LogP contribution in [0.5, 0.6) is 5.75 Å². The summed E-state index contributed by atoms with van der Waals surface area (Å²) >= 11 is 1.21. The summed E-state index contributed by atoms with van der Waals surface area (Å²) in [6.07, 6.45) is 5.35. The molecular weight excluding hydrogens is 833 g/mol. The number of likely N-dealkylation sites (tertiary alicyclic amines) is 1. The molecule has 0 radical (unpaired) electrons. The monoisotopic (exact) mass is 898 g/mol. The number of nitrogens with zero attached hydrogens (tertiary/aromatic N) is 6. The molecule has 0 bridgehead atoms. The molecule has 1 aliphatic rings. The molecule has 19 heteroatoms. The van der Waals surface area contributed by atoms with Crippen molar-refractivity contribution in [3.63, 3.8) is 0 Å². The fourth-order valence-electron chi connectivity index (χ4n) is 7.67. The molecule has 0 aliphatic carbocycles. The number of benzene rings is 1. The predicted molar refractivity (Wildman–Crippen MR) is 237 cm³/mol. The van der Waals surface area contributed by atoms with Crippen LogP contribution in [0.4, 0.5) is 5.69 Å². The van der Waals surface area contributed by atoms with Crippen LogP contribution in [0.15, 0.2) is 28.7 Å². The molecule has 0 saturated carbocycles. The van der Waals surface area contributed by atoms with E-state index in [0.29, 0.717) is 17.8 Å². The number of phenols is 1. The quantitative estimate of drug-likeness (QED) is 0.0237. The first kappa shape index (κ1) is 53.9. The second-order valence-corrected chi connectivity index (χ2v) is 17.2. The number of rotatable bonds is 25. The van der Waals surface area contributed by atoms with E-state index in [-0.39, 0.29) is 110 Å². The van der Waals surface area contributed by atoms with E-state index in [1.54, 1.807) is 29.5 Å². The van der Waals surface area contributed by atoms with E-state index in [9.17, 15) is 29.1 Å². The topological polar surface area (TPSA) is 250 Å². The highest BCUT2D eigenvalue weighted by Crippen LogP contribution is 2.33. The lowest BCUT2D eigenvalue weighted by molar-refractivity contribution is -0.191. The Bertz CT molecular complexity index is 1880. The maximum Gasteiger partial charge on any atom is 0.373 e. The molecule has 3 N–H and O–H groups in total. The number of esters is 1. The van der Waals surface area contributed by atoms with Gasteiger partial charge in [-0.1, -0.05) is 65.1 Å². The average molecular weight is 899 g/mol. The molecule has 2 aromatic rings. The SMILES string of the molecule is CCC[C@H](Cc1ccc(O)c(NC(=O)CCOCCN=[N+]=[N-])c1)NC(=O)c1csc([C@@H](C[C@H](C(C)C)N(C)C(=O)[C@H](CC(=O)[C@H]2CCCCN2C)[C@@H](C)CC)OC(C)=O)n1.O=C=O. The highest BCUT2D eigenvalue weighted by atomic mass is 32.1. The minimum Gasteiger partial charge on any atom is -0.506 e. The number of hydrogen-bond acceptors (Lipinski definition) is 14. The van der Waals surface area contributed by atoms with Crippen molar-refractivity contribution < 1.29 is 48.1 Å². The van der Waals surface area contributed by atoms with Crippen molar-refractivity contribution in [2.45, 2.75) is 130 Å². The molecular formula is C44H66N8O10S. The number of aromatic hydroxyl groups is 1. The van der Waals surface area contributed by atoms with Gasteiger partial charge in [-0.3, -0.25) is 28.9 Å². The van der Waals surface area contributed by atoms with E-state index in [0.717, 1.165) is 44.2 Å². The average Bonchev–Trinajstić information content (AvgIpc) is 3.74. The summed E-state index contributed by atoms with van der Waals surface area (Å²) in [7, 11) is 3.74. The number of thiazole rings is 1. The lowest BCUT2D eigenvalue weighted by Gasteiger charge is -2.37. The summed E-state index contributed by atoms with van der Waals surface area (Å²) in [5.74, 6) is -1.91. The zero-order valence-electron chi connectivity index (χ0n) is 38.0. The summed E-state index contributed by atoms with van der Waals surface area (Å²) < 4.78 is 11.1. The van der Waals surface area contributed by atoms with Gasteiger partial charge in [0.2, 0.25) is 11.8 Å². The first-order chi connectivity index (χ1) is 30.0. The van der Waals surface area contributed by atoms with Gasteiger partial charge < -0.3 is 30.1 Å². The number of ether oxygens (including phenoxy) is 2. The van der Waals surface area contributed by atoms with Crippen LogP contribution < -0.4 is 10.6 Å². The molecule has 0 spiro atoms. The number of nitrogens with one attached hydrogen (secondary N) is 2. The summed E-state index contributed by atoms with van der Waals surface area (Å²) in [5, 5.41) is 21.7. The van der Waals surface area contributed by atoms with Gasteiger partial charge in [-0.2, -0.15) is 9.59 Å². The van der Waals surface area contributed by atoms with Gasteiger partial charge in [0.15, 0.2) is 11.9 Å². The molecule has 348 valence electrons. The maximum absolute atomic E-state index is 14.3. The van der Waals surface area contributed by atoms with Gasteiger partial charge in [0, 0.05) is 61.7 Å². The van der Waals surface area contributed by atoms with Gasteiger partial charge in [0.1, 0.15) is 16.5 Å². The van der Waals surface area contributed by atoms with Crippen molar-refractivity contribution in [3.05, 3.63) is 50.3 Å². The third kappa shape index (κ3) is 18.2. The fraction of sp³-hybridized carbons (Fsp3) is 0.659. The number of ketones is 1. The summed E-state index contributed by atoms with van der Waals surface area (Å²) in [6.45, 7) is 12.7. The van der Waals surface area contributed by atoms with Crippen molar-refractivity contribution in [3.8, 4) is 5.75 Å². The Labute approximate surface area is 374 Å². The largest absolute Gasteiger partial charge is 0.506 e. The van der Waals surface area contributed by atoms with Crippen molar-refractivity contribution in [2.24, 2.45) is 22.9 Å². The molecule has 3 rings (SSSR count). The second kappa shape index (κ2) is 28.5. The third-order valence-corrected chi connectivity index (χ3v) is 12.2. The minimum absolute atomic E-state index is 0.0114. The summed E-state index contributed by atoms with van der Waals surface area (Å²) in [5.41, 5.74) is 9.53. The third-order valence-electron chi connectivity index (χ3n) is 11.3. The number of aromatic nitrogens is 1. The van der Waals surface area contributed by atoms with Crippen LogP contribution in [0, 0.1) is 17.8 Å². The number of anilines is 1. The highest BCUT2D eigenvalue weighted by molar-refractivity contribution is 7.09. The van der Waals surface area contributed by atoms with Crippen molar-refractivity contribution in [1.29, 1.82) is 0 Å². The molecule has 0 unspecified atom stereocenters. The minimum atomic E-state index is -0.822. The molecule has 18 nitrogen and oxygen atoms in total. The highest BCUT2D eigenvalue weighted by Gasteiger charge is 2.37. The molecule has 63 heavy (non-hydrogen) atoms. The van der Waals surface area contributed by atoms with Crippen LogP contribution in [0.1, 0.15) is 126 Å². The van der Waals surface area contributed by atoms with Crippen molar-refractivity contribution in [2.75, 3.05) is 45.7 Å². The Hall–Kier alpha value is -5.19. The Balaban J connectivity index is 0.00000442. The van der Waals surface area contributed by atoms with Gasteiger partial charge in [0.25, 0.3) is 5.91 Å². The van der Waals surface area contributed by atoms with Gasteiger partial charge >= 0.3 is 12.1 Å². The Kier molecular flexibility index (Phi) is 24.4. The normalized spacial score (nSPS) is 16.1. The number of likely N-dealkylation sites (N-methyl/N-ethyl adjacent to an activating group) is 1. The first-order valence-corrected chi connectivity index (χ1v) is 22.5. The standard InChI is InChI=1S/C43H66N8O8S.CO2/c1-9-13-31(22-30-15-16-37(53)33(23-30)47-40(55)17-20-58-21-18-45-49-44)46-41(56)34-26-60-42(48-34)39(59-29(6)52)25-36(27(3)4)51(8)43(57)32(28(5)10-2)24-38(54)35-14-11-12-19-50(35)7;2-1-3/h15-16,23,26-28,31-32,35-36,39,53H,9-14,17-22,24-25H2,1-8H3,(H,46,56)(H,47,55);/t28-,31+,32+,35+,36+,39+;/m0./s1. The van der Waals surface area contributed by atoms with Crippen LogP contribution >= 0.6 is 11.3 Å². The molecule has 1 saturated heterocycles. The van der Waals surface area contributed by atoms with E-state index in [1.165, 1.54) is 24.3 Å². The van der Waals surface area contributed by atoms with E-state index < -0.39 is 23.9 Å². The zero-order chi connectivity index (χ0) is 47.1. The molecule has 3 amide bonds. The van der Waals surface area contributed by atoms with E-state index in [1.807, 2.05) is 41.7 Å². The van der Waals surface area contributed by atoms with Gasteiger partial charge in [0.05, 0.1) is 31.4 Å². The van der Waals surface area contributed by atoms with Crippen molar-refractivity contribution >= 4 is 52.6 Å². The predicted octanol–water partition coefficient (Wildman–Crippen LogP) is 6.65. The smallest absolute Gasteiger partial charge is 0.373 e. The summed E-state index contributed by atoms with van der Waals surface area (Å²) in [4.78, 5) is 93.9. The molecule has 1 aromatic carbocycles. The number of carbonyl (C=O) groups excluding carboxylic acids is 7. The van der Waals surface area contributed by atoms with Gasteiger partial charge in [-0.25, -0.2) is 4.98 Å². The Morgan fingerprint density at radius 1 is 1.14 bits per heavy atom. The first-order valence-electron chi connectivity index (χ1n) is 21.6. The molecule has 1 aromatic heterocycles. The molecule has 1 fully saturated rings. The van der Waals surface area contributed by atoms with Gasteiger partial charge in [-0.05, 0) is 74.3 Å². The Morgan fingerprint density at radius 3 is 2.48 bits per heavy atom. The lowest BCUT2D eigenvalue weighted by atomic mass is 9.83. The molecule has 1 aliphatic heterocycles. The zero-order valence-corrected chi connectivity index (χ0v) is 38.8. The number of azide groups is 1. The fourth-order valence-corrected chi connectivity index (χ4v) is 8.51. The van der Waals surface area contributed by atoms with Crippen LogP contribution in [0.2, 0.25) is 0 Å². The Morgan fingerprint density at radius 2 is 1.86 bits per heavy atom. The van der Waals surface area contributed by atoms with Gasteiger partial charge in [-0.15, -0.1) is 11.3 Å². The number of hydrogen-bond donors (Lipinski definition) is 3. The maximum atomic E-state index is 14.3. The number of carbonyl (C=O) groups is 5. The van der Waals surface area contributed by atoms with Crippen LogP contribution in [0.3, 0.4) is 0 Å². The van der Waals surface area contributed by atoms with Crippen LogP contribution in [0.25, 0.3) is 10.4 Å². The molecule has 6 atom stereocenters.